The van der Waals surface area contributed by atoms with Crippen molar-refractivity contribution in [1.82, 2.24) is 10.6 Å². The van der Waals surface area contributed by atoms with Crippen LogP contribution in [0.2, 0.25) is 0 Å². The van der Waals surface area contributed by atoms with Crippen molar-refractivity contribution in [3.63, 3.8) is 0 Å². The molecule has 0 aromatic heterocycles. The molecule has 0 heterocycles. The van der Waals surface area contributed by atoms with Crippen LogP contribution in [0, 0.1) is 0 Å². The maximum Gasteiger partial charge on any atom is 0.257 e. The number of benzene rings is 2. The Morgan fingerprint density at radius 2 is 1.85 bits per heavy atom. The molecule has 0 unspecified atom stereocenters. The van der Waals surface area contributed by atoms with E-state index in [0.29, 0.717) is 24.3 Å². The summed E-state index contributed by atoms with van der Waals surface area (Å²) in [5.41, 5.74) is 2.07. The largest absolute Gasteiger partial charge is 0.494 e. The van der Waals surface area contributed by atoms with Gasteiger partial charge in [0.2, 0.25) is 5.91 Å². The van der Waals surface area contributed by atoms with Gasteiger partial charge in [-0.05, 0) is 55.0 Å². The van der Waals surface area contributed by atoms with Gasteiger partial charge in [-0.15, -0.1) is 0 Å². The summed E-state index contributed by atoms with van der Waals surface area (Å²) in [7, 11) is 1.60. The van der Waals surface area contributed by atoms with Crippen molar-refractivity contribution in [3.05, 3.63) is 59.7 Å². The van der Waals surface area contributed by atoms with Crippen LogP contribution in [-0.4, -0.2) is 30.6 Å². The van der Waals surface area contributed by atoms with E-state index < -0.39 is 0 Å². The number of nitrogens with one attached hydrogen (secondary N) is 3. The number of hydrogen-bond donors (Lipinski definition) is 3. The molecular formula is C19H21N3O3S. The lowest BCUT2D eigenvalue weighted by Gasteiger charge is -2.11. The molecule has 0 radical (unpaired) electrons. The number of amides is 2. The summed E-state index contributed by atoms with van der Waals surface area (Å²) in [6, 6.07) is 14.1. The molecule has 6 nitrogen and oxygen atoms in total. The maximum atomic E-state index is 12.3. The standard InChI is InChI=1S/C19H21N3O3S/c1-3-25-16-6-4-5-14(12-16)18(24)22-19(26)21-15-9-7-13(8-10-15)11-17(23)20-2/h4-10,12H,3,11H2,1-2H3,(H,20,23)(H2,21,22,24,26). The Balaban J connectivity index is 1.92. The zero-order valence-electron chi connectivity index (χ0n) is 14.7. The van der Waals surface area contributed by atoms with Crippen molar-refractivity contribution in [2.75, 3.05) is 19.0 Å². The van der Waals surface area contributed by atoms with Crippen LogP contribution in [0.1, 0.15) is 22.8 Å². The zero-order valence-corrected chi connectivity index (χ0v) is 15.5. The van der Waals surface area contributed by atoms with E-state index >= 15 is 0 Å². The van der Waals surface area contributed by atoms with E-state index in [2.05, 4.69) is 16.0 Å². The molecule has 3 N–H and O–H groups in total. The highest BCUT2D eigenvalue weighted by Gasteiger charge is 2.09. The summed E-state index contributed by atoms with van der Waals surface area (Å²) in [4.78, 5) is 23.6. The minimum Gasteiger partial charge on any atom is -0.494 e. The minimum absolute atomic E-state index is 0.0530. The first kappa shape index (κ1) is 19.4. The third kappa shape index (κ3) is 5.86. The van der Waals surface area contributed by atoms with E-state index in [-0.39, 0.29) is 16.9 Å². The first-order valence-electron chi connectivity index (χ1n) is 8.16. The number of anilines is 1. The van der Waals surface area contributed by atoms with Gasteiger partial charge in [-0.25, -0.2) is 0 Å². The van der Waals surface area contributed by atoms with Gasteiger partial charge in [0.25, 0.3) is 5.91 Å². The second-order valence-corrected chi connectivity index (χ2v) is 5.82. The molecule has 0 aliphatic rings. The normalized spacial score (nSPS) is 9.92. The molecular weight excluding hydrogens is 350 g/mol. The van der Waals surface area contributed by atoms with Crippen LogP contribution in [0.15, 0.2) is 48.5 Å². The minimum atomic E-state index is -0.319. The first-order valence-corrected chi connectivity index (χ1v) is 8.57. The Labute approximate surface area is 157 Å². The fraction of sp³-hybridized carbons (Fsp3) is 0.211. The van der Waals surface area contributed by atoms with Crippen molar-refractivity contribution in [2.45, 2.75) is 13.3 Å². The molecule has 0 fully saturated rings. The quantitative estimate of drug-likeness (QED) is 0.680. The number of hydrogen-bond acceptors (Lipinski definition) is 4. The van der Waals surface area contributed by atoms with Gasteiger partial charge in [0.05, 0.1) is 13.0 Å². The lowest BCUT2D eigenvalue weighted by atomic mass is 10.1. The Bertz CT molecular complexity index is 791. The van der Waals surface area contributed by atoms with Crippen LogP contribution < -0.4 is 20.7 Å². The van der Waals surface area contributed by atoms with Crippen molar-refractivity contribution in [2.24, 2.45) is 0 Å². The van der Waals surface area contributed by atoms with Gasteiger partial charge >= 0.3 is 0 Å². The van der Waals surface area contributed by atoms with Crippen LogP contribution in [0.5, 0.6) is 5.75 Å². The Kier molecular flexibility index (Phi) is 7.11. The predicted octanol–water partition coefficient (Wildman–Crippen LogP) is 2.50. The molecule has 2 aromatic carbocycles. The van der Waals surface area contributed by atoms with E-state index in [1.54, 1.807) is 43.4 Å². The van der Waals surface area contributed by atoms with Gasteiger partial charge in [-0.3, -0.25) is 14.9 Å². The summed E-state index contributed by atoms with van der Waals surface area (Å²) >= 11 is 5.18. The number of rotatable bonds is 6. The second kappa shape index (κ2) is 9.53. The van der Waals surface area contributed by atoms with E-state index in [0.717, 1.165) is 11.3 Å². The van der Waals surface area contributed by atoms with Gasteiger partial charge in [0.1, 0.15) is 5.75 Å². The molecule has 0 aliphatic carbocycles. The molecule has 136 valence electrons. The summed E-state index contributed by atoms with van der Waals surface area (Å²) in [6.07, 6.45) is 0.314. The molecule has 0 spiro atoms. The van der Waals surface area contributed by atoms with E-state index in [1.165, 1.54) is 0 Å². The molecule has 7 heteroatoms. The molecule has 2 aromatic rings. The molecule has 26 heavy (non-hydrogen) atoms. The monoisotopic (exact) mass is 371 g/mol. The highest BCUT2D eigenvalue weighted by atomic mass is 32.1. The molecule has 2 rings (SSSR count). The molecule has 0 bridgehead atoms. The van der Waals surface area contributed by atoms with Crippen molar-refractivity contribution >= 4 is 34.8 Å². The van der Waals surface area contributed by atoms with Crippen molar-refractivity contribution in [1.29, 1.82) is 0 Å². The average Bonchev–Trinajstić information content (AvgIpc) is 2.63. The smallest absolute Gasteiger partial charge is 0.257 e. The van der Waals surface area contributed by atoms with Gasteiger partial charge < -0.3 is 15.4 Å². The van der Waals surface area contributed by atoms with Gasteiger partial charge in [0, 0.05) is 18.3 Å². The number of likely N-dealkylation sites (N-methyl/N-ethyl adjacent to an activating group) is 1. The number of ether oxygens (including phenoxy) is 1. The van der Waals surface area contributed by atoms with Crippen LogP contribution in [0.4, 0.5) is 5.69 Å². The fourth-order valence-corrected chi connectivity index (χ4v) is 2.42. The Hall–Kier alpha value is -2.93. The van der Waals surface area contributed by atoms with Gasteiger partial charge in [-0.1, -0.05) is 18.2 Å². The third-order valence-electron chi connectivity index (χ3n) is 3.49. The SMILES string of the molecule is CCOc1cccc(C(=O)NC(=S)Nc2ccc(CC(=O)NC)cc2)c1. The van der Waals surface area contributed by atoms with E-state index in [4.69, 9.17) is 17.0 Å². The average molecular weight is 371 g/mol. The number of thiocarbonyl (C=S) groups is 1. The van der Waals surface area contributed by atoms with E-state index in [1.807, 2.05) is 19.1 Å². The molecule has 0 saturated carbocycles. The highest BCUT2D eigenvalue weighted by Crippen LogP contribution is 2.14. The van der Waals surface area contributed by atoms with Crippen LogP contribution in [0.3, 0.4) is 0 Å². The van der Waals surface area contributed by atoms with E-state index in [9.17, 15) is 9.59 Å². The van der Waals surface area contributed by atoms with Gasteiger partial charge in [0.15, 0.2) is 5.11 Å². The predicted molar refractivity (Wildman–Crippen MR) is 106 cm³/mol. The topological polar surface area (TPSA) is 79.5 Å². The second-order valence-electron chi connectivity index (χ2n) is 5.42. The van der Waals surface area contributed by atoms with Gasteiger partial charge in [-0.2, -0.15) is 0 Å². The summed E-state index contributed by atoms with van der Waals surface area (Å²) in [5, 5.41) is 8.34. The number of carbonyl (C=O) groups is 2. The summed E-state index contributed by atoms with van der Waals surface area (Å²) in [5.74, 6) is 0.258. The summed E-state index contributed by atoms with van der Waals surface area (Å²) in [6.45, 7) is 2.41. The zero-order chi connectivity index (χ0) is 18.9. The van der Waals surface area contributed by atoms with Crippen molar-refractivity contribution < 1.29 is 14.3 Å². The maximum absolute atomic E-state index is 12.3. The van der Waals surface area contributed by atoms with Crippen LogP contribution in [-0.2, 0) is 11.2 Å². The lowest BCUT2D eigenvalue weighted by molar-refractivity contribution is -0.119. The third-order valence-corrected chi connectivity index (χ3v) is 3.69. The lowest BCUT2D eigenvalue weighted by Crippen LogP contribution is -2.34. The molecule has 0 atom stereocenters. The highest BCUT2D eigenvalue weighted by molar-refractivity contribution is 7.80. The Morgan fingerprint density at radius 3 is 2.50 bits per heavy atom. The molecule has 0 saturated heterocycles. The van der Waals surface area contributed by atoms with Crippen molar-refractivity contribution in [3.8, 4) is 5.75 Å². The van der Waals surface area contributed by atoms with Crippen LogP contribution >= 0.6 is 12.2 Å². The Morgan fingerprint density at radius 1 is 1.12 bits per heavy atom. The summed E-state index contributed by atoms with van der Waals surface area (Å²) < 4.78 is 5.39. The number of carbonyl (C=O) groups excluding carboxylic acids is 2. The van der Waals surface area contributed by atoms with Crippen LogP contribution in [0.25, 0.3) is 0 Å². The molecule has 0 aliphatic heterocycles. The first-order chi connectivity index (χ1) is 12.5. The molecule has 2 amide bonds. The fourth-order valence-electron chi connectivity index (χ4n) is 2.21.